The summed E-state index contributed by atoms with van der Waals surface area (Å²) in [5.41, 5.74) is 0. The van der Waals surface area contributed by atoms with Gasteiger partial charge in [-0.1, -0.05) is 283 Å². The van der Waals surface area contributed by atoms with Gasteiger partial charge in [0.1, 0.15) is 0 Å². The number of unbranched alkanes of at least 4 members (excludes halogenated alkanes) is 4. The number of rotatable bonds is 29. The van der Waals surface area contributed by atoms with Crippen molar-refractivity contribution in [3.8, 4) is 0 Å². The maximum Gasteiger partial charge on any atom is -0.0233 e. The van der Waals surface area contributed by atoms with E-state index in [1.165, 1.54) is 353 Å². The van der Waals surface area contributed by atoms with Gasteiger partial charge in [0.25, 0.3) is 0 Å². The zero-order valence-corrected chi connectivity index (χ0v) is 76.1. The van der Waals surface area contributed by atoms with Gasteiger partial charge in [0, 0.05) is 0 Å². The van der Waals surface area contributed by atoms with E-state index in [2.05, 4.69) is 137 Å². The second kappa shape index (κ2) is 58.3. The molecule has 0 aliphatic heterocycles. The lowest BCUT2D eigenvalue weighted by atomic mass is 9.68. The van der Waals surface area contributed by atoms with Crippen LogP contribution in [0.1, 0.15) is 480 Å². The molecular weight excluding hydrogens is 1320 g/mol. The zero-order valence-electron chi connectivity index (χ0n) is 76.1. The van der Waals surface area contributed by atoms with E-state index in [1.54, 1.807) is 64.2 Å². The van der Waals surface area contributed by atoms with Gasteiger partial charge in [-0.25, -0.2) is 0 Å². The molecule has 12 saturated carbocycles. The minimum atomic E-state index is 0.835. The molecule has 110 heavy (non-hydrogen) atoms. The highest BCUT2D eigenvalue weighted by atomic mass is 14.4. The monoisotopic (exact) mass is 1520 g/mol. The van der Waals surface area contributed by atoms with Crippen molar-refractivity contribution in [2.45, 2.75) is 480 Å². The van der Waals surface area contributed by atoms with Crippen molar-refractivity contribution < 1.29 is 0 Å². The molecule has 0 atom stereocenters. The van der Waals surface area contributed by atoms with Gasteiger partial charge >= 0.3 is 0 Å². The Morgan fingerprint density at radius 3 is 0.555 bits per heavy atom. The summed E-state index contributed by atoms with van der Waals surface area (Å²) in [5.74, 6) is 24.6. The van der Waals surface area contributed by atoms with Crippen molar-refractivity contribution >= 4 is 0 Å². The summed E-state index contributed by atoms with van der Waals surface area (Å²) in [4.78, 5) is 0. The average molecular weight is 1520 g/mol. The first-order chi connectivity index (χ1) is 54.0. The van der Waals surface area contributed by atoms with Crippen LogP contribution < -0.4 is 0 Å². The van der Waals surface area contributed by atoms with Crippen LogP contribution in [0.15, 0.2) is 74.4 Å². The molecule has 0 radical (unpaired) electrons. The Balaban J connectivity index is 0.000000184. The van der Waals surface area contributed by atoms with E-state index in [9.17, 15) is 0 Å². The average Bonchev–Trinajstić information content (AvgIpc) is 0.892. The molecule has 0 heteroatoms. The Bertz CT molecular complexity index is 2250. The fraction of sp³-hybridized carbons (Fsp3) is 0.891. The lowest BCUT2D eigenvalue weighted by molar-refractivity contribution is 0.151. The Morgan fingerprint density at radius 2 is 0.373 bits per heavy atom. The Hall–Kier alpha value is -1.56. The van der Waals surface area contributed by atoms with E-state index in [0.29, 0.717) is 0 Å². The predicted molar refractivity (Wildman–Crippen MR) is 493 cm³/mol. The van der Waals surface area contributed by atoms with E-state index in [1.807, 2.05) is 0 Å². The van der Waals surface area contributed by atoms with Gasteiger partial charge in [-0.3, -0.25) is 0 Å². The van der Waals surface area contributed by atoms with Crippen molar-refractivity contribution in [1.29, 1.82) is 0 Å². The van der Waals surface area contributed by atoms with Crippen LogP contribution in [-0.4, -0.2) is 0 Å². The summed E-state index contributed by atoms with van der Waals surface area (Å²) < 4.78 is 0. The molecule has 12 fully saturated rings. The molecule has 0 aromatic heterocycles. The molecule has 0 saturated heterocycles. The first-order valence-electron chi connectivity index (χ1n) is 51.8. The Labute approximate surface area is 691 Å². The summed E-state index contributed by atoms with van der Waals surface area (Å²) in [6.45, 7) is 32.5. The third kappa shape index (κ3) is 36.3. The van der Waals surface area contributed by atoms with Crippen molar-refractivity contribution in [3.05, 3.63) is 74.4 Å². The predicted octanol–water partition coefficient (Wildman–Crippen LogP) is 36.6. The third-order valence-corrected chi connectivity index (χ3v) is 34.1. The van der Waals surface area contributed by atoms with Gasteiger partial charge in [-0.2, -0.15) is 0 Å². The molecule has 0 unspecified atom stereocenters. The summed E-state index contributed by atoms with van der Waals surface area (Å²) in [5, 5.41) is 0. The van der Waals surface area contributed by atoms with Gasteiger partial charge in [0.2, 0.25) is 0 Å². The number of allylic oxidation sites excluding steroid dienone is 9. The van der Waals surface area contributed by atoms with Crippen LogP contribution >= 0.6 is 0 Å². The smallest absolute Gasteiger partial charge is 0.0233 e. The summed E-state index contributed by atoms with van der Waals surface area (Å²) >= 11 is 0. The molecular formula is C110H196. The second-order valence-electron chi connectivity index (χ2n) is 41.5. The fourth-order valence-corrected chi connectivity index (χ4v) is 26.4. The van der Waals surface area contributed by atoms with Crippen LogP contribution in [0.3, 0.4) is 0 Å². The van der Waals surface area contributed by atoms with Crippen LogP contribution in [0, 0.1) is 142 Å². The van der Waals surface area contributed by atoms with E-state index >= 15 is 0 Å². The highest BCUT2D eigenvalue weighted by Crippen LogP contribution is 2.49. The van der Waals surface area contributed by atoms with E-state index in [4.69, 9.17) is 0 Å². The number of hydrogen-bond acceptors (Lipinski definition) is 0. The van der Waals surface area contributed by atoms with Crippen LogP contribution in [-0.2, 0) is 0 Å². The highest BCUT2D eigenvalue weighted by Gasteiger charge is 2.37. The quantitative estimate of drug-likeness (QED) is 0.0517. The Morgan fingerprint density at radius 1 is 0.191 bits per heavy atom. The minimum absolute atomic E-state index is 0.835. The molecule has 636 valence electrons. The highest BCUT2D eigenvalue weighted by molar-refractivity contribution is 4.96. The first-order valence-corrected chi connectivity index (χ1v) is 51.8. The standard InChI is InChI=1S/3C19H34.2C18H32.C17H30/c1-3-5-6-7-17-10-14-19(15-11-17)18-12-8-16(4-2)9-13-18;2*1-3-5-7-17-10-14-19(15-11-17)18-12-8-16(6-4-2)9-13-18;1-3-5-6-16-9-13-18(14-10-16)17-11-7-15(4-2)8-12-17;1-3-5-15-7-11-17(12-8-15)18-13-9-16(6-4-2)10-14-18;1-3-5-15-8-12-17(13-9-15)16-10-6-14(4-2)7-11-16/h4,16-19H,2-3,5-15H2,1H3;5,7,16-19H,3-4,6,8-15H2,1-2H3;4,6,16-19H,3,5,7-15H2,1-2H3;4,15-18H,2-3,5-14H2,1H3;3,5,15-18H,4,6-14H2,1-2H3;4,14-17H,2-3,5-13H2,1H3/b;7-5+;6-4+;;5-3+;. The van der Waals surface area contributed by atoms with Crippen LogP contribution in [0.2, 0.25) is 0 Å². The van der Waals surface area contributed by atoms with Gasteiger partial charge < -0.3 is 0 Å². The zero-order chi connectivity index (χ0) is 78.2. The second-order valence-corrected chi connectivity index (χ2v) is 41.5. The summed E-state index contributed by atoms with van der Waals surface area (Å²) in [6.07, 6.45) is 117. The van der Waals surface area contributed by atoms with Gasteiger partial charge in [-0.15, -0.1) is 19.7 Å². The normalized spacial score (nSPS) is 37.3. The molecule has 0 amide bonds. The van der Waals surface area contributed by atoms with Crippen LogP contribution in [0.4, 0.5) is 0 Å². The third-order valence-electron chi connectivity index (χ3n) is 34.1. The maximum atomic E-state index is 3.97. The molecule has 0 aromatic rings. The molecule has 12 rings (SSSR count). The minimum Gasteiger partial charge on any atom is -0.103 e. The molecule has 0 bridgehead atoms. The van der Waals surface area contributed by atoms with Crippen molar-refractivity contribution in [2.24, 2.45) is 142 Å². The SMILES string of the molecule is C/C=C/C1CCC(C2CCC(CCC)CC2)CC1.C/C=C/C1CCC(C2CCC(CCCC)CC2)CC1.C=CC1CCC(C2CCC(CCC)CC2)CC1.C=CC1CCC(C2CCC(CCCC)CC2)CC1.C=CC1CCC(C2CCC(CCCCC)CC2)CC1.CC/C=C/C1CCC(C2CCC(CCC)CC2)CC1. The van der Waals surface area contributed by atoms with Crippen LogP contribution in [0.5, 0.6) is 0 Å². The molecule has 0 nitrogen and oxygen atoms in total. The largest absolute Gasteiger partial charge is 0.103 e. The first kappa shape index (κ1) is 95.6. The number of hydrogen-bond donors (Lipinski definition) is 0. The van der Waals surface area contributed by atoms with Crippen LogP contribution in [0.25, 0.3) is 0 Å². The van der Waals surface area contributed by atoms with E-state index in [0.717, 1.165) is 142 Å². The topological polar surface area (TPSA) is 0 Å². The molecule has 12 aliphatic carbocycles. The molecule has 0 heterocycles. The van der Waals surface area contributed by atoms with Crippen molar-refractivity contribution in [3.63, 3.8) is 0 Å². The van der Waals surface area contributed by atoms with E-state index < -0.39 is 0 Å². The molecule has 0 aromatic carbocycles. The maximum absolute atomic E-state index is 3.97. The van der Waals surface area contributed by atoms with E-state index in [-0.39, 0.29) is 0 Å². The van der Waals surface area contributed by atoms with Crippen molar-refractivity contribution in [2.75, 3.05) is 0 Å². The molecule has 0 spiro atoms. The summed E-state index contributed by atoms with van der Waals surface area (Å²) in [6, 6.07) is 0. The molecule has 12 aliphatic rings. The molecule has 0 N–H and O–H groups in total. The fourth-order valence-electron chi connectivity index (χ4n) is 26.4. The van der Waals surface area contributed by atoms with Gasteiger partial charge in [0.05, 0.1) is 0 Å². The Kier molecular flexibility index (Phi) is 50.7. The summed E-state index contributed by atoms with van der Waals surface area (Å²) in [7, 11) is 0. The lowest BCUT2D eigenvalue weighted by Gasteiger charge is -2.37. The van der Waals surface area contributed by atoms with Gasteiger partial charge in [-0.05, 0) is 393 Å². The van der Waals surface area contributed by atoms with Gasteiger partial charge in [0.15, 0.2) is 0 Å². The van der Waals surface area contributed by atoms with Crippen molar-refractivity contribution in [1.82, 2.24) is 0 Å². The lowest BCUT2D eigenvalue weighted by Crippen LogP contribution is -2.25.